The third kappa shape index (κ3) is 1.01. The molecule has 0 spiro atoms. The van der Waals surface area contributed by atoms with E-state index >= 15 is 0 Å². The lowest BCUT2D eigenvalue weighted by Gasteiger charge is -2.22. The van der Waals surface area contributed by atoms with Gasteiger partial charge in [-0.1, -0.05) is 6.92 Å². The zero-order valence-corrected chi connectivity index (χ0v) is 8.88. The largest absolute Gasteiger partial charge is 0.469 e. The van der Waals surface area contributed by atoms with Gasteiger partial charge in [-0.3, -0.25) is 0 Å². The van der Waals surface area contributed by atoms with Gasteiger partial charge in [-0.2, -0.15) is 0 Å². The number of alkyl halides is 1. The maximum absolute atomic E-state index is 6.44. The van der Waals surface area contributed by atoms with Crippen LogP contribution < -0.4 is 0 Å². The summed E-state index contributed by atoms with van der Waals surface area (Å²) < 4.78 is 11.0. The number of hydrogen-bond acceptors (Lipinski definition) is 2. The Hall–Kier alpha value is -0.470. The molecule has 0 N–H and O–H groups in total. The van der Waals surface area contributed by atoms with Crippen LogP contribution in [0.25, 0.3) is 0 Å². The van der Waals surface area contributed by atoms with E-state index in [-0.39, 0.29) is 16.4 Å². The molecule has 1 aromatic rings. The molecule has 0 amide bonds. The molecule has 14 heavy (non-hydrogen) atoms. The summed E-state index contributed by atoms with van der Waals surface area (Å²) in [6, 6.07) is 3.91. The Bertz CT molecular complexity index is 336. The van der Waals surface area contributed by atoms with Crippen LogP contribution in [0.1, 0.15) is 31.4 Å². The number of hydrogen-bond donors (Lipinski definition) is 0. The van der Waals surface area contributed by atoms with Crippen molar-refractivity contribution in [2.24, 2.45) is 0 Å². The Morgan fingerprint density at radius 1 is 1.50 bits per heavy atom. The van der Waals surface area contributed by atoms with Gasteiger partial charge >= 0.3 is 0 Å². The van der Waals surface area contributed by atoms with Crippen LogP contribution in [0.3, 0.4) is 0 Å². The summed E-state index contributed by atoms with van der Waals surface area (Å²) in [4.78, 5) is -0.112. The zero-order chi connectivity index (χ0) is 9.81. The third-order valence-corrected chi connectivity index (χ3v) is 4.27. The Kier molecular flexibility index (Phi) is 1.61. The van der Waals surface area contributed by atoms with Crippen molar-refractivity contribution >= 4 is 11.6 Å². The molecule has 1 aliphatic carbocycles. The van der Waals surface area contributed by atoms with Crippen LogP contribution in [0.15, 0.2) is 22.8 Å². The van der Waals surface area contributed by atoms with Crippen LogP contribution in [0, 0.1) is 0 Å². The number of halogens is 1. The van der Waals surface area contributed by atoms with Crippen LogP contribution >= 0.6 is 11.6 Å². The zero-order valence-electron chi connectivity index (χ0n) is 8.13. The first kappa shape index (κ1) is 8.81. The van der Waals surface area contributed by atoms with Gasteiger partial charge in [0.2, 0.25) is 0 Å². The number of epoxide rings is 1. The number of ether oxygens (including phenoxy) is 1. The van der Waals surface area contributed by atoms with Crippen LogP contribution in [0.4, 0.5) is 0 Å². The Balaban J connectivity index is 1.89. The molecule has 1 aromatic heterocycles. The van der Waals surface area contributed by atoms with Gasteiger partial charge in [0.25, 0.3) is 0 Å². The van der Waals surface area contributed by atoms with Gasteiger partial charge < -0.3 is 9.15 Å². The maximum atomic E-state index is 6.44. The molecule has 0 aromatic carbocycles. The molecule has 2 atom stereocenters. The van der Waals surface area contributed by atoms with Gasteiger partial charge in [0.1, 0.15) is 11.4 Å². The van der Waals surface area contributed by atoms with Crippen LogP contribution in [0.2, 0.25) is 0 Å². The minimum atomic E-state index is -0.146. The second kappa shape index (κ2) is 2.56. The highest BCUT2D eigenvalue weighted by molar-refractivity contribution is 6.27. The molecule has 1 saturated carbocycles. The summed E-state index contributed by atoms with van der Waals surface area (Å²) >= 11 is 6.44. The maximum Gasteiger partial charge on any atom is 0.120 e. The van der Waals surface area contributed by atoms with Crippen molar-refractivity contribution in [2.75, 3.05) is 6.61 Å². The molecule has 2 aliphatic rings. The Morgan fingerprint density at radius 3 is 2.64 bits per heavy atom. The summed E-state index contributed by atoms with van der Waals surface area (Å²) in [5.74, 6) is 1.24. The molecular weight excluding hydrogens is 200 g/mol. The van der Waals surface area contributed by atoms with E-state index in [1.807, 2.05) is 12.1 Å². The summed E-state index contributed by atoms with van der Waals surface area (Å²) in [5.41, 5.74) is -0.146. The quantitative estimate of drug-likeness (QED) is 0.569. The van der Waals surface area contributed by atoms with Crippen molar-refractivity contribution in [3.63, 3.8) is 0 Å². The molecule has 2 fully saturated rings. The van der Waals surface area contributed by atoms with Crippen LogP contribution in [-0.2, 0) is 4.74 Å². The molecule has 76 valence electrons. The SMILES string of the molecule is CC(c1ccco1)C1(C2(Cl)CC2)CO1. The highest BCUT2D eigenvalue weighted by Crippen LogP contribution is 2.63. The first-order valence-electron chi connectivity index (χ1n) is 5.04. The number of rotatable bonds is 3. The smallest absolute Gasteiger partial charge is 0.120 e. The molecule has 3 heteroatoms. The number of furan rings is 1. The van der Waals surface area contributed by atoms with Gasteiger partial charge in [-0.05, 0) is 25.0 Å². The van der Waals surface area contributed by atoms with Gasteiger partial charge in [-0.25, -0.2) is 0 Å². The van der Waals surface area contributed by atoms with Crippen molar-refractivity contribution in [1.29, 1.82) is 0 Å². The lowest BCUT2D eigenvalue weighted by Crippen LogP contribution is -2.32. The van der Waals surface area contributed by atoms with Crippen molar-refractivity contribution in [3.05, 3.63) is 24.2 Å². The molecule has 2 nitrogen and oxygen atoms in total. The van der Waals surface area contributed by atoms with E-state index in [0.29, 0.717) is 0 Å². The lowest BCUT2D eigenvalue weighted by atomic mass is 9.87. The molecule has 2 unspecified atom stereocenters. The van der Waals surface area contributed by atoms with Gasteiger partial charge in [0, 0.05) is 5.92 Å². The van der Waals surface area contributed by atoms with E-state index in [1.165, 1.54) is 0 Å². The Labute approximate surface area is 88.2 Å². The monoisotopic (exact) mass is 212 g/mol. The summed E-state index contributed by atoms with van der Waals surface area (Å²) in [7, 11) is 0. The van der Waals surface area contributed by atoms with E-state index in [9.17, 15) is 0 Å². The second-order valence-corrected chi connectivity index (χ2v) is 5.10. The molecule has 0 bridgehead atoms. The molecule has 1 saturated heterocycles. The fourth-order valence-corrected chi connectivity index (χ4v) is 2.64. The second-order valence-electron chi connectivity index (χ2n) is 4.38. The van der Waals surface area contributed by atoms with E-state index in [0.717, 1.165) is 25.2 Å². The lowest BCUT2D eigenvalue weighted by molar-refractivity contribution is 0.236. The van der Waals surface area contributed by atoms with E-state index in [1.54, 1.807) is 6.26 Å². The fourth-order valence-electron chi connectivity index (χ4n) is 2.27. The van der Waals surface area contributed by atoms with Gasteiger partial charge in [0.15, 0.2) is 0 Å². The first-order valence-corrected chi connectivity index (χ1v) is 5.42. The van der Waals surface area contributed by atoms with Crippen molar-refractivity contribution in [3.8, 4) is 0 Å². The highest BCUT2D eigenvalue weighted by atomic mass is 35.5. The standard InChI is InChI=1S/C11H13ClO2/c1-8(9-3-2-6-13-9)11(7-14-11)10(12)4-5-10/h2-3,6,8H,4-5,7H2,1H3. The van der Waals surface area contributed by atoms with E-state index in [4.69, 9.17) is 20.8 Å². The third-order valence-electron chi connectivity index (χ3n) is 3.57. The van der Waals surface area contributed by atoms with Crippen molar-refractivity contribution < 1.29 is 9.15 Å². The average Bonchev–Trinajstić information content (AvgIpc) is 3.06. The topological polar surface area (TPSA) is 25.7 Å². The minimum absolute atomic E-state index is 0.112. The molecule has 2 heterocycles. The molecule has 3 rings (SSSR count). The predicted octanol–water partition coefficient (Wildman–Crippen LogP) is 2.92. The van der Waals surface area contributed by atoms with E-state index in [2.05, 4.69) is 6.92 Å². The molecular formula is C11H13ClO2. The van der Waals surface area contributed by atoms with Crippen molar-refractivity contribution in [2.45, 2.75) is 36.2 Å². The van der Waals surface area contributed by atoms with Gasteiger partial charge in [-0.15, -0.1) is 11.6 Å². The molecule has 0 radical (unpaired) electrons. The summed E-state index contributed by atoms with van der Waals surface area (Å²) in [6.07, 6.45) is 3.84. The van der Waals surface area contributed by atoms with Crippen LogP contribution in [-0.4, -0.2) is 17.1 Å². The normalized spacial score (nSPS) is 35.3. The minimum Gasteiger partial charge on any atom is -0.469 e. The predicted molar refractivity (Wildman–Crippen MR) is 53.6 cm³/mol. The summed E-state index contributed by atoms with van der Waals surface area (Å²) in [5, 5.41) is 0. The van der Waals surface area contributed by atoms with Gasteiger partial charge in [0.05, 0.1) is 17.7 Å². The molecule has 1 aliphatic heterocycles. The fraction of sp³-hybridized carbons (Fsp3) is 0.636. The average molecular weight is 213 g/mol. The Morgan fingerprint density at radius 2 is 2.21 bits per heavy atom. The van der Waals surface area contributed by atoms with Crippen molar-refractivity contribution in [1.82, 2.24) is 0 Å². The highest BCUT2D eigenvalue weighted by Gasteiger charge is 2.70. The van der Waals surface area contributed by atoms with Crippen LogP contribution in [0.5, 0.6) is 0 Å². The first-order chi connectivity index (χ1) is 6.68. The van der Waals surface area contributed by atoms with E-state index < -0.39 is 0 Å². The summed E-state index contributed by atoms with van der Waals surface area (Å²) in [6.45, 7) is 2.91.